The van der Waals surface area contributed by atoms with E-state index in [2.05, 4.69) is 0 Å². The summed E-state index contributed by atoms with van der Waals surface area (Å²) < 4.78 is 19.6. The van der Waals surface area contributed by atoms with E-state index in [0.717, 1.165) is 6.07 Å². The molecule has 1 aliphatic heterocycles. The first-order chi connectivity index (χ1) is 13.9. The van der Waals surface area contributed by atoms with Crippen LogP contribution < -0.4 is 5.56 Å². The summed E-state index contributed by atoms with van der Waals surface area (Å²) in [7, 11) is 1.54. The van der Waals surface area contributed by atoms with Crippen molar-refractivity contribution in [1.29, 1.82) is 0 Å². The second-order valence-electron chi connectivity index (χ2n) is 6.65. The Balaban J connectivity index is 1.65. The summed E-state index contributed by atoms with van der Waals surface area (Å²) in [6.45, 7) is 2.09. The first-order valence-corrected chi connectivity index (χ1v) is 9.51. The van der Waals surface area contributed by atoms with Gasteiger partial charge in [0.15, 0.2) is 0 Å². The third kappa shape index (κ3) is 4.83. The van der Waals surface area contributed by atoms with Crippen molar-refractivity contribution in [3.8, 4) is 0 Å². The molecule has 7 nitrogen and oxygen atoms in total. The highest BCUT2D eigenvalue weighted by Gasteiger charge is 2.26. The number of carbonyl (C=O) groups is 2. The number of hydrogen-bond acceptors (Lipinski definition) is 4. The average molecular weight is 422 g/mol. The number of piperazine rings is 1. The highest BCUT2D eigenvalue weighted by Crippen LogP contribution is 2.20. The van der Waals surface area contributed by atoms with Gasteiger partial charge in [0.2, 0.25) is 0 Å². The Morgan fingerprint density at radius 3 is 2.34 bits per heavy atom. The van der Waals surface area contributed by atoms with Crippen molar-refractivity contribution in [2.45, 2.75) is 6.54 Å². The number of rotatable bonds is 5. The van der Waals surface area contributed by atoms with Crippen LogP contribution in [0.5, 0.6) is 0 Å². The fraction of sp³-hybridized carbons (Fsp3) is 0.350. The number of nitrogens with zero attached hydrogens (tertiary/aromatic N) is 3. The standard InChI is InChI=1S/C20H21ClFN3O4/c1-29-11-10-25-13-14(2-5-18(25)26)19(27)23-6-8-24(9-7-23)20(28)16-4-3-15(22)12-17(16)21/h2-5,12-13H,6-11H2,1H3. The smallest absolute Gasteiger partial charge is 0.255 e. The minimum Gasteiger partial charge on any atom is -0.383 e. The molecule has 0 atom stereocenters. The largest absolute Gasteiger partial charge is 0.383 e. The molecule has 1 aliphatic rings. The van der Waals surface area contributed by atoms with E-state index in [1.807, 2.05) is 0 Å². The highest BCUT2D eigenvalue weighted by atomic mass is 35.5. The lowest BCUT2D eigenvalue weighted by Crippen LogP contribution is -2.50. The first-order valence-electron chi connectivity index (χ1n) is 9.13. The molecular weight excluding hydrogens is 401 g/mol. The molecule has 2 heterocycles. The molecule has 3 rings (SSSR count). The van der Waals surface area contributed by atoms with E-state index in [0.29, 0.717) is 44.9 Å². The Kier molecular flexibility index (Phi) is 6.66. The molecule has 9 heteroatoms. The molecule has 0 saturated carbocycles. The normalized spacial score (nSPS) is 14.2. The van der Waals surface area contributed by atoms with Crippen LogP contribution in [0.3, 0.4) is 0 Å². The number of pyridine rings is 1. The Labute approximate surface area is 172 Å². The summed E-state index contributed by atoms with van der Waals surface area (Å²) in [4.78, 5) is 40.5. The van der Waals surface area contributed by atoms with Crippen LogP contribution in [0.1, 0.15) is 20.7 Å². The maximum Gasteiger partial charge on any atom is 0.255 e. The van der Waals surface area contributed by atoms with Gasteiger partial charge in [0, 0.05) is 52.1 Å². The monoisotopic (exact) mass is 421 g/mol. The van der Waals surface area contributed by atoms with Gasteiger partial charge < -0.3 is 19.1 Å². The third-order valence-electron chi connectivity index (χ3n) is 4.78. The minimum absolute atomic E-state index is 0.0619. The Morgan fingerprint density at radius 1 is 1.07 bits per heavy atom. The fourth-order valence-electron chi connectivity index (χ4n) is 3.15. The van der Waals surface area contributed by atoms with E-state index in [9.17, 15) is 18.8 Å². The quantitative estimate of drug-likeness (QED) is 0.739. The molecular formula is C20H21ClFN3O4. The van der Waals surface area contributed by atoms with Crippen molar-refractivity contribution < 1.29 is 18.7 Å². The van der Waals surface area contributed by atoms with Gasteiger partial charge >= 0.3 is 0 Å². The van der Waals surface area contributed by atoms with Crippen molar-refractivity contribution >= 4 is 23.4 Å². The molecule has 0 radical (unpaired) electrons. The topological polar surface area (TPSA) is 71.8 Å². The number of ether oxygens (including phenoxy) is 1. The lowest BCUT2D eigenvalue weighted by atomic mass is 10.1. The third-order valence-corrected chi connectivity index (χ3v) is 5.10. The van der Waals surface area contributed by atoms with Crippen molar-refractivity contribution in [3.63, 3.8) is 0 Å². The predicted molar refractivity (Wildman–Crippen MR) is 106 cm³/mol. The molecule has 0 N–H and O–H groups in total. The van der Waals surface area contributed by atoms with E-state index < -0.39 is 5.82 Å². The molecule has 0 bridgehead atoms. The van der Waals surface area contributed by atoms with Gasteiger partial charge in [-0.05, 0) is 24.3 Å². The van der Waals surface area contributed by atoms with Crippen LogP contribution in [-0.2, 0) is 11.3 Å². The summed E-state index contributed by atoms with van der Waals surface area (Å²) in [6.07, 6.45) is 1.53. The van der Waals surface area contributed by atoms with E-state index in [4.69, 9.17) is 16.3 Å². The van der Waals surface area contributed by atoms with Crippen molar-refractivity contribution in [1.82, 2.24) is 14.4 Å². The van der Waals surface area contributed by atoms with E-state index in [-0.39, 0.29) is 28.0 Å². The zero-order valence-electron chi connectivity index (χ0n) is 15.9. The SMILES string of the molecule is COCCn1cc(C(=O)N2CCN(C(=O)c3ccc(F)cc3Cl)CC2)ccc1=O. The maximum absolute atomic E-state index is 13.2. The molecule has 29 heavy (non-hydrogen) atoms. The number of hydrogen-bond donors (Lipinski definition) is 0. The van der Waals surface area contributed by atoms with Crippen molar-refractivity contribution in [3.05, 3.63) is 68.8 Å². The van der Waals surface area contributed by atoms with Gasteiger partial charge in [-0.2, -0.15) is 0 Å². The molecule has 1 aromatic carbocycles. The number of amides is 2. The van der Waals surface area contributed by atoms with Crippen molar-refractivity contribution in [2.24, 2.45) is 0 Å². The van der Waals surface area contributed by atoms with Crippen LogP contribution in [0.4, 0.5) is 4.39 Å². The average Bonchev–Trinajstić information content (AvgIpc) is 2.72. The second-order valence-corrected chi connectivity index (χ2v) is 7.06. The molecule has 2 amide bonds. The number of halogens is 2. The van der Waals surface area contributed by atoms with Crippen LogP contribution in [0, 0.1) is 5.82 Å². The van der Waals surface area contributed by atoms with Crippen molar-refractivity contribution in [2.75, 3.05) is 39.9 Å². The molecule has 1 aromatic heterocycles. The van der Waals surface area contributed by atoms with Gasteiger partial charge in [0.05, 0.1) is 22.8 Å². The molecule has 1 fully saturated rings. The lowest BCUT2D eigenvalue weighted by Gasteiger charge is -2.35. The summed E-state index contributed by atoms with van der Waals surface area (Å²) in [5, 5.41) is 0.0619. The molecule has 2 aromatic rings. The van der Waals surface area contributed by atoms with Gasteiger partial charge in [0.1, 0.15) is 5.82 Å². The van der Waals surface area contributed by atoms with Gasteiger partial charge in [-0.15, -0.1) is 0 Å². The number of aromatic nitrogens is 1. The fourth-order valence-corrected chi connectivity index (χ4v) is 3.40. The summed E-state index contributed by atoms with van der Waals surface area (Å²) in [5.41, 5.74) is 0.435. The molecule has 0 spiro atoms. The Hall–Kier alpha value is -2.71. The number of benzene rings is 1. The number of carbonyl (C=O) groups excluding carboxylic acids is 2. The minimum atomic E-state index is -0.506. The van der Waals surface area contributed by atoms with Crippen LogP contribution in [0.15, 0.2) is 41.3 Å². The predicted octanol–water partition coefficient (Wildman–Crippen LogP) is 1.89. The number of methoxy groups -OCH3 is 1. The summed E-state index contributed by atoms with van der Waals surface area (Å²) in [6, 6.07) is 6.52. The molecule has 0 aliphatic carbocycles. The molecule has 1 saturated heterocycles. The van der Waals surface area contributed by atoms with E-state index in [1.165, 1.54) is 35.0 Å². The van der Waals surface area contributed by atoms with E-state index >= 15 is 0 Å². The second kappa shape index (κ2) is 9.19. The maximum atomic E-state index is 13.2. The van der Waals surface area contributed by atoms with Crippen LogP contribution in [0.2, 0.25) is 5.02 Å². The molecule has 0 unspecified atom stereocenters. The van der Waals surface area contributed by atoms with Crippen LogP contribution >= 0.6 is 11.6 Å². The van der Waals surface area contributed by atoms with E-state index in [1.54, 1.807) is 16.9 Å². The van der Waals surface area contributed by atoms with Gasteiger partial charge in [-0.1, -0.05) is 11.6 Å². The van der Waals surface area contributed by atoms with Gasteiger partial charge in [-0.3, -0.25) is 14.4 Å². The lowest BCUT2D eigenvalue weighted by molar-refractivity contribution is 0.0535. The summed E-state index contributed by atoms with van der Waals surface area (Å²) in [5.74, 6) is -1.01. The summed E-state index contributed by atoms with van der Waals surface area (Å²) >= 11 is 5.98. The zero-order chi connectivity index (χ0) is 21.0. The van der Waals surface area contributed by atoms with Crippen LogP contribution in [0.25, 0.3) is 0 Å². The molecule has 154 valence electrons. The zero-order valence-corrected chi connectivity index (χ0v) is 16.7. The Bertz CT molecular complexity index is 970. The highest BCUT2D eigenvalue weighted by molar-refractivity contribution is 6.33. The van der Waals surface area contributed by atoms with Crippen LogP contribution in [-0.4, -0.2) is 66.1 Å². The van der Waals surface area contributed by atoms with Gasteiger partial charge in [0.25, 0.3) is 17.4 Å². The first kappa shape index (κ1) is 21.0. The Morgan fingerprint density at radius 2 is 1.72 bits per heavy atom. The van der Waals surface area contributed by atoms with Gasteiger partial charge in [-0.25, -0.2) is 4.39 Å².